The molecule has 0 aliphatic rings. The van der Waals surface area contributed by atoms with E-state index in [1.54, 1.807) is 0 Å². The van der Waals surface area contributed by atoms with Gasteiger partial charge in [0.2, 0.25) is 5.88 Å². The lowest BCUT2D eigenvalue weighted by Gasteiger charge is -2.09. The van der Waals surface area contributed by atoms with E-state index in [-0.39, 0.29) is 12.4 Å². The van der Waals surface area contributed by atoms with Gasteiger partial charge >= 0.3 is 0 Å². The summed E-state index contributed by atoms with van der Waals surface area (Å²) in [5, 5.41) is 5.76. The van der Waals surface area contributed by atoms with E-state index < -0.39 is 0 Å². The summed E-state index contributed by atoms with van der Waals surface area (Å²) in [5.41, 5.74) is 2.35. The number of nitrogens with zero attached hydrogens (tertiary/aromatic N) is 3. The molecule has 24 heavy (non-hydrogen) atoms. The molecular weight excluding hydrogens is 322 g/mol. The highest BCUT2D eigenvalue weighted by atomic mass is 35.5. The molecule has 0 bridgehead atoms. The van der Waals surface area contributed by atoms with Gasteiger partial charge in [-0.15, -0.1) is 5.10 Å². The molecule has 0 aliphatic carbocycles. The standard InChI is InChI=1S/C19H23N3O.ClH/c1-21(2)13-8-14-23-19-17-11-6-7-12-18(17)22(20-19)15-16-9-4-3-5-10-16;/h3-7,9-12H,8,13-15H2,1-2H3;1H/p-1. The Kier molecular flexibility index (Phi) is 6.64. The van der Waals surface area contributed by atoms with Crippen LogP contribution in [0.5, 0.6) is 5.88 Å². The van der Waals surface area contributed by atoms with Gasteiger partial charge < -0.3 is 22.0 Å². The Hall–Kier alpha value is -2.04. The van der Waals surface area contributed by atoms with Crippen LogP contribution in [0.2, 0.25) is 0 Å². The molecule has 0 unspecified atom stereocenters. The van der Waals surface area contributed by atoms with E-state index in [1.807, 2.05) is 22.9 Å². The van der Waals surface area contributed by atoms with E-state index in [0.717, 1.165) is 36.3 Å². The predicted octanol–water partition coefficient (Wildman–Crippen LogP) is 0.419. The summed E-state index contributed by atoms with van der Waals surface area (Å²) >= 11 is 0. The molecule has 0 saturated carbocycles. The fourth-order valence-corrected chi connectivity index (χ4v) is 2.63. The summed E-state index contributed by atoms with van der Waals surface area (Å²) in [7, 11) is 4.15. The molecule has 1 aromatic heterocycles. The second-order valence-corrected chi connectivity index (χ2v) is 5.97. The van der Waals surface area contributed by atoms with Gasteiger partial charge in [0, 0.05) is 6.54 Å². The van der Waals surface area contributed by atoms with Crippen molar-refractivity contribution >= 4 is 10.9 Å². The van der Waals surface area contributed by atoms with E-state index >= 15 is 0 Å². The molecule has 0 atom stereocenters. The van der Waals surface area contributed by atoms with Crippen molar-refractivity contribution in [2.24, 2.45) is 0 Å². The van der Waals surface area contributed by atoms with Crippen LogP contribution in [-0.4, -0.2) is 41.9 Å². The van der Waals surface area contributed by atoms with Crippen molar-refractivity contribution in [2.75, 3.05) is 27.2 Å². The van der Waals surface area contributed by atoms with Crippen molar-refractivity contribution in [3.63, 3.8) is 0 Å². The van der Waals surface area contributed by atoms with E-state index in [1.165, 1.54) is 5.56 Å². The fourth-order valence-electron chi connectivity index (χ4n) is 2.63. The molecule has 4 nitrogen and oxygen atoms in total. The Balaban J connectivity index is 0.00000208. The third-order valence-electron chi connectivity index (χ3n) is 3.79. The molecule has 0 aliphatic heterocycles. The minimum absolute atomic E-state index is 0. The highest BCUT2D eigenvalue weighted by Gasteiger charge is 2.11. The van der Waals surface area contributed by atoms with Crippen LogP contribution in [0.1, 0.15) is 12.0 Å². The molecule has 1 heterocycles. The summed E-state index contributed by atoms with van der Waals surface area (Å²) < 4.78 is 7.95. The fraction of sp³-hybridized carbons (Fsp3) is 0.316. The molecule has 0 spiro atoms. The number of halogens is 1. The minimum atomic E-state index is 0. The molecule has 3 aromatic rings. The monoisotopic (exact) mass is 344 g/mol. The van der Waals surface area contributed by atoms with Gasteiger partial charge in [0.15, 0.2) is 0 Å². The summed E-state index contributed by atoms with van der Waals surface area (Å²) in [5.74, 6) is 0.732. The topological polar surface area (TPSA) is 30.3 Å². The molecule has 5 heteroatoms. The van der Waals surface area contributed by atoms with Crippen LogP contribution in [0.15, 0.2) is 54.6 Å². The minimum Gasteiger partial charge on any atom is -1.00 e. The van der Waals surface area contributed by atoms with Crippen LogP contribution in [0.4, 0.5) is 0 Å². The van der Waals surface area contributed by atoms with Crippen LogP contribution in [-0.2, 0) is 6.54 Å². The first kappa shape index (κ1) is 18.3. The van der Waals surface area contributed by atoms with Gasteiger partial charge in [-0.05, 0) is 38.2 Å². The van der Waals surface area contributed by atoms with Crippen LogP contribution in [0.3, 0.4) is 0 Å². The number of rotatable bonds is 7. The van der Waals surface area contributed by atoms with Crippen molar-refractivity contribution in [1.29, 1.82) is 0 Å². The summed E-state index contributed by atoms with van der Waals surface area (Å²) in [4.78, 5) is 2.16. The first-order valence-electron chi connectivity index (χ1n) is 8.01. The average Bonchev–Trinajstić information content (AvgIpc) is 2.91. The Morgan fingerprint density at radius 2 is 1.71 bits per heavy atom. The van der Waals surface area contributed by atoms with Gasteiger partial charge in [-0.1, -0.05) is 42.5 Å². The molecule has 0 N–H and O–H groups in total. The number of ether oxygens (including phenoxy) is 1. The van der Waals surface area contributed by atoms with Crippen molar-refractivity contribution < 1.29 is 17.1 Å². The summed E-state index contributed by atoms with van der Waals surface area (Å²) in [6.45, 7) is 2.45. The van der Waals surface area contributed by atoms with Gasteiger partial charge in [0.1, 0.15) is 0 Å². The lowest BCUT2D eigenvalue weighted by molar-refractivity contribution is -0.00000531. The molecule has 0 fully saturated rings. The maximum absolute atomic E-state index is 5.93. The molecule has 128 valence electrons. The number of benzene rings is 2. The first-order valence-corrected chi connectivity index (χ1v) is 8.01. The summed E-state index contributed by atoms with van der Waals surface area (Å²) in [6.07, 6.45) is 0.993. The van der Waals surface area contributed by atoms with Crippen molar-refractivity contribution in [3.8, 4) is 5.88 Å². The first-order chi connectivity index (χ1) is 11.2. The Morgan fingerprint density at radius 1 is 1.00 bits per heavy atom. The van der Waals surface area contributed by atoms with Gasteiger partial charge in [0.05, 0.1) is 24.1 Å². The molecule has 0 saturated heterocycles. The summed E-state index contributed by atoms with van der Waals surface area (Å²) in [6, 6.07) is 18.6. The van der Waals surface area contributed by atoms with Crippen LogP contribution >= 0.6 is 0 Å². The highest BCUT2D eigenvalue weighted by molar-refractivity contribution is 5.84. The van der Waals surface area contributed by atoms with Crippen LogP contribution in [0, 0.1) is 0 Å². The zero-order valence-electron chi connectivity index (χ0n) is 14.2. The highest BCUT2D eigenvalue weighted by Crippen LogP contribution is 2.25. The second kappa shape index (κ2) is 8.71. The average molecular weight is 345 g/mol. The molecule has 0 amide bonds. The van der Waals surface area contributed by atoms with Crippen LogP contribution < -0.4 is 17.1 Å². The van der Waals surface area contributed by atoms with Gasteiger partial charge in [-0.3, -0.25) is 4.68 Å². The van der Waals surface area contributed by atoms with Gasteiger partial charge in [0.25, 0.3) is 0 Å². The third-order valence-corrected chi connectivity index (χ3v) is 3.79. The number of hydrogen-bond donors (Lipinski definition) is 0. The van der Waals surface area contributed by atoms with Crippen molar-refractivity contribution in [1.82, 2.24) is 14.7 Å². The van der Waals surface area contributed by atoms with E-state index in [2.05, 4.69) is 60.5 Å². The Bertz CT molecular complexity index is 756. The molecule has 2 aromatic carbocycles. The van der Waals surface area contributed by atoms with Gasteiger partial charge in [-0.2, -0.15) is 0 Å². The van der Waals surface area contributed by atoms with Crippen LogP contribution in [0.25, 0.3) is 10.9 Å². The van der Waals surface area contributed by atoms with Crippen molar-refractivity contribution in [3.05, 3.63) is 60.2 Å². The maximum atomic E-state index is 5.93. The largest absolute Gasteiger partial charge is 1.00 e. The number of fused-ring (bicyclic) bond motifs is 1. The molecule has 3 rings (SSSR count). The smallest absolute Gasteiger partial charge is 0.240 e. The molecular formula is C19H23ClN3O-. The third kappa shape index (κ3) is 4.49. The SMILES string of the molecule is CN(C)CCCOc1nn(Cc2ccccc2)c2ccccc12.[Cl-]. The quantitative estimate of drug-likeness (QED) is 0.582. The lowest BCUT2D eigenvalue weighted by atomic mass is 10.2. The maximum Gasteiger partial charge on any atom is 0.240 e. The second-order valence-electron chi connectivity index (χ2n) is 5.97. The Labute approximate surface area is 149 Å². The van der Waals surface area contributed by atoms with E-state index in [9.17, 15) is 0 Å². The van der Waals surface area contributed by atoms with Crippen molar-refractivity contribution in [2.45, 2.75) is 13.0 Å². The number of aromatic nitrogens is 2. The normalized spacial score (nSPS) is 10.8. The Morgan fingerprint density at radius 3 is 2.46 bits per heavy atom. The van der Waals surface area contributed by atoms with Gasteiger partial charge in [-0.25, -0.2) is 0 Å². The number of hydrogen-bond acceptors (Lipinski definition) is 3. The number of para-hydroxylation sites is 1. The lowest BCUT2D eigenvalue weighted by Crippen LogP contribution is -3.00. The predicted molar refractivity (Wildman–Crippen MR) is 93.9 cm³/mol. The molecule has 0 radical (unpaired) electrons. The zero-order chi connectivity index (χ0) is 16.1. The van der Waals surface area contributed by atoms with E-state index in [4.69, 9.17) is 4.74 Å². The van der Waals surface area contributed by atoms with E-state index in [0.29, 0.717) is 6.61 Å². The zero-order valence-corrected chi connectivity index (χ0v) is 14.9.